The summed E-state index contributed by atoms with van der Waals surface area (Å²) in [6.07, 6.45) is 3.71. The van der Waals surface area contributed by atoms with Crippen LogP contribution in [0.25, 0.3) is 0 Å². The summed E-state index contributed by atoms with van der Waals surface area (Å²) >= 11 is 0. The SMILES string of the molecule is CCCCC(=O)CCc1ccccc1C(=O)Nc1ccc(C)cc1. The smallest absolute Gasteiger partial charge is 0.255 e. The fourth-order valence-corrected chi connectivity index (χ4v) is 2.57. The van der Waals surface area contributed by atoms with E-state index in [1.165, 1.54) is 0 Å². The predicted octanol–water partition coefficient (Wildman–Crippen LogP) is 4.94. The molecule has 0 aromatic heterocycles. The number of carbonyl (C=O) groups excluding carboxylic acids is 2. The van der Waals surface area contributed by atoms with E-state index in [-0.39, 0.29) is 11.7 Å². The third-order valence-corrected chi connectivity index (χ3v) is 4.05. The van der Waals surface area contributed by atoms with Gasteiger partial charge in [-0.1, -0.05) is 49.2 Å². The normalized spacial score (nSPS) is 10.4. The number of Topliss-reactive ketones (excluding diaryl/α,β-unsaturated/α-hetero) is 1. The molecule has 3 nitrogen and oxygen atoms in total. The van der Waals surface area contributed by atoms with Crippen LogP contribution in [0, 0.1) is 6.92 Å². The summed E-state index contributed by atoms with van der Waals surface area (Å²) in [5.74, 6) is 0.140. The van der Waals surface area contributed by atoms with Crippen molar-refractivity contribution in [2.24, 2.45) is 0 Å². The van der Waals surface area contributed by atoms with Gasteiger partial charge >= 0.3 is 0 Å². The van der Waals surface area contributed by atoms with Gasteiger partial charge in [0.05, 0.1) is 0 Å². The van der Waals surface area contributed by atoms with Crippen molar-refractivity contribution in [2.75, 3.05) is 5.32 Å². The number of hydrogen-bond donors (Lipinski definition) is 1. The van der Waals surface area contributed by atoms with Gasteiger partial charge in [-0.15, -0.1) is 0 Å². The number of benzene rings is 2. The minimum absolute atomic E-state index is 0.129. The lowest BCUT2D eigenvalue weighted by molar-refractivity contribution is -0.119. The summed E-state index contributed by atoms with van der Waals surface area (Å²) in [5.41, 5.74) is 3.49. The molecule has 2 rings (SSSR count). The average Bonchev–Trinajstić information content (AvgIpc) is 2.60. The number of ketones is 1. The van der Waals surface area contributed by atoms with E-state index in [1.807, 2.05) is 55.5 Å². The van der Waals surface area contributed by atoms with E-state index >= 15 is 0 Å². The minimum Gasteiger partial charge on any atom is -0.322 e. The van der Waals surface area contributed by atoms with Gasteiger partial charge in [-0.25, -0.2) is 0 Å². The maximum absolute atomic E-state index is 12.5. The van der Waals surface area contributed by atoms with Crippen molar-refractivity contribution in [3.63, 3.8) is 0 Å². The highest BCUT2D eigenvalue weighted by Gasteiger charge is 2.12. The first-order valence-electron chi connectivity index (χ1n) is 8.57. The summed E-state index contributed by atoms with van der Waals surface area (Å²) in [6, 6.07) is 15.2. The van der Waals surface area contributed by atoms with Crippen LogP contribution in [0.1, 0.15) is 54.1 Å². The standard InChI is InChI=1S/C21H25NO2/c1-3-4-8-19(23)15-12-17-7-5-6-9-20(17)21(24)22-18-13-10-16(2)11-14-18/h5-7,9-11,13-14H,3-4,8,12,15H2,1-2H3,(H,22,24). The molecule has 1 N–H and O–H groups in total. The van der Waals surface area contributed by atoms with Crippen LogP contribution in [-0.4, -0.2) is 11.7 Å². The molecule has 0 heterocycles. The second kappa shape index (κ2) is 9.02. The lowest BCUT2D eigenvalue weighted by Crippen LogP contribution is -2.14. The summed E-state index contributed by atoms with van der Waals surface area (Å²) in [7, 11) is 0. The van der Waals surface area contributed by atoms with Gasteiger partial charge in [-0.3, -0.25) is 9.59 Å². The Morgan fingerprint density at radius 2 is 1.67 bits per heavy atom. The molecule has 0 bridgehead atoms. The van der Waals surface area contributed by atoms with Crippen LogP contribution in [0.2, 0.25) is 0 Å². The highest BCUT2D eigenvalue weighted by atomic mass is 16.1. The van der Waals surface area contributed by atoms with Crippen molar-refractivity contribution in [3.8, 4) is 0 Å². The van der Waals surface area contributed by atoms with E-state index in [1.54, 1.807) is 0 Å². The fourth-order valence-electron chi connectivity index (χ4n) is 2.57. The van der Waals surface area contributed by atoms with Crippen molar-refractivity contribution < 1.29 is 9.59 Å². The summed E-state index contributed by atoms with van der Waals surface area (Å²) in [6.45, 7) is 4.09. The Hall–Kier alpha value is -2.42. The lowest BCUT2D eigenvalue weighted by atomic mass is 9.99. The van der Waals surface area contributed by atoms with Gasteiger partial charge in [-0.2, -0.15) is 0 Å². The Morgan fingerprint density at radius 1 is 0.958 bits per heavy atom. The zero-order valence-electron chi connectivity index (χ0n) is 14.5. The predicted molar refractivity (Wildman–Crippen MR) is 98.4 cm³/mol. The molecular weight excluding hydrogens is 298 g/mol. The van der Waals surface area contributed by atoms with Crippen LogP contribution >= 0.6 is 0 Å². The fraction of sp³-hybridized carbons (Fsp3) is 0.333. The molecule has 0 saturated heterocycles. The van der Waals surface area contributed by atoms with E-state index in [4.69, 9.17) is 0 Å². The highest BCUT2D eigenvalue weighted by molar-refractivity contribution is 6.05. The van der Waals surface area contributed by atoms with Gasteiger partial charge in [0.15, 0.2) is 0 Å². The molecular formula is C21H25NO2. The molecule has 2 aromatic carbocycles. The Bertz CT molecular complexity index is 689. The molecule has 0 aliphatic rings. The number of unbranched alkanes of at least 4 members (excludes halogenated alkanes) is 1. The maximum Gasteiger partial charge on any atom is 0.255 e. The minimum atomic E-state index is -0.129. The zero-order valence-corrected chi connectivity index (χ0v) is 14.5. The molecule has 24 heavy (non-hydrogen) atoms. The van der Waals surface area contributed by atoms with Gasteiger partial charge < -0.3 is 5.32 Å². The summed E-state index contributed by atoms with van der Waals surface area (Å²) in [5, 5.41) is 2.92. The molecule has 0 aliphatic carbocycles. The Kier molecular flexibility index (Phi) is 6.74. The van der Waals surface area contributed by atoms with Crippen LogP contribution in [0.4, 0.5) is 5.69 Å². The molecule has 0 radical (unpaired) electrons. The van der Waals surface area contributed by atoms with Crippen molar-refractivity contribution in [3.05, 3.63) is 65.2 Å². The molecule has 0 spiro atoms. The van der Waals surface area contributed by atoms with Gasteiger partial charge in [0.25, 0.3) is 5.91 Å². The Labute approximate surface area is 144 Å². The molecule has 0 unspecified atom stereocenters. The largest absolute Gasteiger partial charge is 0.322 e. The first-order valence-corrected chi connectivity index (χ1v) is 8.57. The van der Waals surface area contributed by atoms with Gasteiger partial charge in [-0.05, 0) is 43.5 Å². The molecule has 0 saturated carbocycles. The number of anilines is 1. The van der Waals surface area contributed by atoms with E-state index in [0.717, 1.165) is 29.7 Å². The first-order chi connectivity index (χ1) is 11.6. The van der Waals surface area contributed by atoms with Crippen LogP contribution in [0.3, 0.4) is 0 Å². The van der Waals surface area contributed by atoms with Crippen molar-refractivity contribution in [1.82, 2.24) is 0 Å². The first kappa shape index (κ1) is 17.9. The van der Waals surface area contributed by atoms with Gasteiger partial charge in [0.2, 0.25) is 0 Å². The maximum atomic E-state index is 12.5. The van der Waals surface area contributed by atoms with E-state index in [9.17, 15) is 9.59 Å². The molecule has 126 valence electrons. The van der Waals surface area contributed by atoms with Crippen molar-refractivity contribution >= 4 is 17.4 Å². The highest BCUT2D eigenvalue weighted by Crippen LogP contribution is 2.16. The van der Waals surface area contributed by atoms with Gasteiger partial charge in [0.1, 0.15) is 5.78 Å². The molecule has 0 atom stereocenters. The van der Waals surface area contributed by atoms with Crippen molar-refractivity contribution in [2.45, 2.75) is 46.0 Å². The number of hydrogen-bond acceptors (Lipinski definition) is 2. The molecule has 0 aliphatic heterocycles. The quantitative estimate of drug-likeness (QED) is 0.748. The summed E-state index contributed by atoms with van der Waals surface area (Å²) in [4.78, 5) is 24.4. The number of nitrogens with one attached hydrogen (secondary N) is 1. The Balaban J connectivity index is 2.03. The van der Waals surface area contributed by atoms with Crippen molar-refractivity contribution in [1.29, 1.82) is 0 Å². The van der Waals surface area contributed by atoms with Crippen LogP contribution in [0.15, 0.2) is 48.5 Å². The Morgan fingerprint density at radius 3 is 2.38 bits per heavy atom. The van der Waals surface area contributed by atoms with Crippen LogP contribution < -0.4 is 5.32 Å². The van der Waals surface area contributed by atoms with E-state index in [0.29, 0.717) is 24.8 Å². The number of rotatable bonds is 8. The van der Waals surface area contributed by atoms with E-state index in [2.05, 4.69) is 12.2 Å². The van der Waals surface area contributed by atoms with Crippen LogP contribution in [-0.2, 0) is 11.2 Å². The lowest BCUT2D eigenvalue weighted by Gasteiger charge is -2.10. The molecule has 0 fully saturated rings. The molecule has 3 heteroatoms. The molecule has 1 amide bonds. The summed E-state index contributed by atoms with van der Waals surface area (Å²) < 4.78 is 0. The van der Waals surface area contributed by atoms with E-state index < -0.39 is 0 Å². The molecule has 2 aromatic rings. The second-order valence-corrected chi connectivity index (χ2v) is 6.12. The topological polar surface area (TPSA) is 46.2 Å². The van der Waals surface area contributed by atoms with Crippen LogP contribution in [0.5, 0.6) is 0 Å². The average molecular weight is 323 g/mol. The zero-order chi connectivity index (χ0) is 17.4. The van der Waals surface area contributed by atoms with Gasteiger partial charge in [0, 0.05) is 24.1 Å². The third kappa shape index (κ3) is 5.34. The third-order valence-electron chi connectivity index (χ3n) is 4.05. The number of carbonyl (C=O) groups is 2. The monoisotopic (exact) mass is 323 g/mol. The second-order valence-electron chi connectivity index (χ2n) is 6.12. The number of amides is 1. The number of aryl methyl sites for hydroxylation is 2.